The van der Waals surface area contributed by atoms with E-state index in [-0.39, 0.29) is 11.7 Å². The number of hydrogen-bond donors (Lipinski definition) is 0. The summed E-state index contributed by atoms with van der Waals surface area (Å²) in [4.78, 5) is 0. The first kappa shape index (κ1) is 15.7. The van der Waals surface area contributed by atoms with Crippen LogP contribution in [-0.4, -0.2) is 13.0 Å². The van der Waals surface area contributed by atoms with Crippen molar-refractivity contribution in [3.8, 4) is 5.75 Å². The number of alkyl halides is 5. The van der Waals surface area contributed by atoms with E-state index in [1.165, 1.54) is 6.07 Å². The topological polar surface area (TPSA) is 9.23 Å². The lowest BCUT2D eigenvalue weighted by atomic mass is 9.96. The van der Waals surface area contributed by atoms with Crippen LogP contribution in [0.15, 0.2) is 18.2 Å². The third-order valence-corrected chi connectivity index (χ3v) is 2.81. The van der Waals surface area contributed by atoms with E-state index >= 15 is 0 Å². The van der Waals surface area contributed by atoms with Crippen LogP contribution in [0.2, 0.25) is 0 Å². The van der Waals surface area contributed by atoms with Crippen LogP contribution in [0.4, 0.5) is 22.0 Å². The minimum absolute atomic E-state index is 0.101. The van der Waals surface area contributed by atoms with Crippen molar-refractivity contribution in [3.05, 3.63) is 29.3 Å². The Bertz CT molecular complexity index is 414. The van der Waals surface area contributed by atoms with Crippen LogP contribution in [0.25, 0.3) is 0 Å². The van der Waals surface area contributed by atoms with Crippen LogP contribution in [0.1, 0.15) is 37.3 Å². The van der Waals surface area contributed by atoms with Crippen molar-refractivity contribution in [1.82, 2.24) is 0 Å². The highest BCUT2D eigenvalue weighted by Gasteiger charge is 2.31. The molecule has 108 valence electrons. The van der Waals surface area contributed by atoms with Crippen LogP contribution >= 0.6 is 0 Å². The largest absolute Gasteiger partial charge is 0.488 e. The van der Waals surface area contributed by atoms with Gasteiger partial charge in [0.15, 0.2) is 0 Å². The van der Waals surface area contributed by atoms with Gasteiger partial charge in [-0.25, -0.2) is 8.78 Å². The van der Waals surface area contributed by atoms with Crippen molar-refractivity contribution in [2.24, 2.45) is 0 Å². The molecular formula is C13H15F5O. The second-order valence-corrected chi connectivity index (χ2v) is 4.30. The van der Waals surface area contributed by atoms with Crippen molar-refractivity contribution in [3.63, 3.8) is 0 Å². The molecule has 0 amide bonds. The van der Waals surface area contributed by atoms with E-state index in [4.69, 9.17) is 0 Å². The molecule has 0 aromatic heterocycles. The second kappa shape index (κ2) is 6.21. The fraction of sp³-hybridized carbons (Fsp3) is 0.538. The molecule has 19 heavy (non-hydrogen) atoms. The third kappa shape index (κ3) is 4.69. The Morgan fingerprint density at radius 2 is 1.79 bits per heavy atom. The van der Waals surface area contributed by atoms with Gasteiger partial charge in [-0.3, -0.25) is 0 Å². The molecule has 0 N–H and O–H groups in total. The first-order chi connectivity index (χ1) is 8.74. The minimum atomic E-state index is -4.52. The van der Waals surface area contributed by atoms with E-state index in [0.717, 1.165) is 12.1 Å². The number of benzene rings is 1. The first-order valence-corrected chi connectivity index (χ1v) is 5.87. The molecule has 1 aromatic carbocycles. The Kier molecular flexibility index (Phi) is 5.14. The van der Waals surface area contributed by atoms with E-state index in [2.05, 4.69) is 4.74 Å². The standard InChI is InChI=1S/C13H15F5O/c1-3-8(2)9-4-10(13(16,17)18)6-11(5-9)19-7-12(14)15/h4-6,8,12H,3,7H2,1-2H3. The molecule has 1 aromatic rings. The van der Waals surface area contributed by atoms with Crippen molar-refractivity contribution in [2.45, 2.75) is 38.8 Å². The lowest BCUT2D eigenvalue weighted by molar-refractivity contribution is -0.137. The van der Waals surface area contributed by atoms with E-state index < -0.39 is 24.8 Å². The summed E-state index contributed by atoms with van der Waals surface area (Å²) in [6, 6.07) is 3.16. The van der Waals surface area contributed by atoms with Crippen molar-refractivity contribution in [2.75, 3.05) is 6.61 Å². The molecule has 1 rings (SSSR count). The molecule has 0 aliphatic heterocycles. The SMILES string of the molecule is CCC(C)c1cc(OCC(F)F)cc(C(F)(F)F)c1. The van der Waals surface area contributed by atoms with Gasteiger partial charge in [-0.05, 0) is 36.1 Å². The van der Waals surface area contributed by atoms with E-state index in [1.807, 2.05) is 6.92 Å². The van der Waals surface area contributed by atoms with Crippen LogP contribution in [0.5, 0.6) is 5.75 Å². The molecule has 0 aliphatic rings. The van der Waals surface area contributed by atoms with E-state index in [9.17, 15) is 22.0 Å². The van der Waals surface area contributed by atoms with Gasteiger partial charge in [0.2, 0.25) is 0 Å². The maximum absolute atomic E-state index is 12.7. The highest BCUT2D eigenvalue weighted by Crippen LogP contribution is 2.35. The molecule has 6 heteroatoms. The van der Waals surface area contributed by atoms with Gasteiger partial charge in [-0.1, -0.05) is 13.8 Å². The highest BCUT2D eigenvalue weighted by molar-refractivity contribution is 5.37. The maximum Gasteiger partial charge on any atom is 0.416 e. The summed E-state index contributed by atoms with van der Waals surface area (Å²) in [5, 5.41) is 0. The van der Waals surface area contributed by atoms with Crippen molar-refractivity contribution < 1.29 is 26.7 Å². The van der Waals surface area contributed by atoms with E-state index in [0.29, 0.717) is 12.0 Å². The van der Waals surface area contributed by atoms with Crippen LogP contribution in [0.3, 0.4) is 0 Å². The first-order valence-electron chi connectivity index (χ1n) is 5.87. The van der Waals surface area contributed by atoms with Gasteiger partial charge >= 0.3 is 6.18 Å². The molecule has 0 radical (unpaired) electrons. The molecule has 0 aliphatic carbocycles. The summed E-state index contributed by atoms with van der Waals surface area (Å²) in [6.07, 6.45) is -6.59. The molecule has 1 nitrogen and oxygen atoms in total. The smallest absolute Gasteiger partial charge is 0.416 e. The Morgan fingerprint density at radius 1 is 1.16 bits per heavy atom. The number of hydrogen-bond acceptors (Lipinski definition) is 1. The monoisotopic (exact) mass is 282 g/mol. The molecule has 0 heterocycles. The van der Waals surface area contributed by atoms with Gasteiger partial charge in [0.25, 0.3) is 6.43 Å². The lowest BCUT2D eigenvalue weighted by Gasteiger charge is -2.16. The maximum atomic E-state index is 12.7. The molecular weight excluding hydrogens is 267 g/mol. The molecule has 1 unspecified atom stereocenters. The zero-order chi connectivity index (χ0) is 14.6. The van der Waals surface area contributed by atoms with Gasteiger partial charge in [0, 0.05) is 0 Å². The summed E-state index contributed by atoms with van der Waals surface area (Å²) in [5.41, 5.74) is -0.448. The number of rotatable bonds is 5. The van der Waals surface area contributed by atoms with Crippen molar-refractivity contribution in [1.29, 1.82) is 0 Å². The second-order valence-electron chi connectivity index (χ2n) is 4.30. The zero-order valence-electron chi connectivity index (χ0n) is 10.6. The predicted octanol–water partition coefficient (Wildman–Crippen LogP) is 4.86. The molecule has 0 fully saturated rings. The quantitative estimate of drug-likeness (QED) is 0.700. The average molecular weight is 282 g/mol. The summed E-state index contributed by atoms with van der Waals surface area (Å²) >= 11 is 0. The lowest BCUT2D eigenvalue weighted by Crippen LogP contribution is -2.10. The summed E-state index contributed by atoms with van der Waals surface area (Å²) < 4.78 is 66.9. The Labute approximate surface area is 108 Å². The van der Waals surface area contributed by atoms with Gasteiger partial charge in [-0.15, -0.1) is 0 Å². The minimum Gasteiger partial charge on any atom is -0.488 e. The molecule has 0 saturated heterocycles. The van der Waals surface area contributed by atoms with Crippen LogP contribution < -0.4 is 4.74 Å². The molecule has 0 spiro atoms. The number of halogens is 5. The normalized spacial score (nSPS) is 13.7. The molecule has 0 bridgehead atoms. The van der Waals surface area contributed by atoms with Crippen LogP contribution in [-0.2, 0) is 6.18 Å². The Morgan fingerprint density at radius 3 is 2.26 bits per heavy atom. The summed E-state index contributed by atoms with van der Waals surface area (Å²) in [5.74, 6) is -0.276. The average Bonchev–Trinajstić information content (AvgIpc) is 2.34. The van der Waals surface area contributed by atoms with Gasteiger partial charge in [-0.2, -0.15) is 13.2 Å². The zero-order valence-corrected chi connectivity index (χ0v) is 10.6. The molecule has 1 atom stereocenters. The number of ether oxygens (including phenoxy) is 1. The van der Waals surface area contributed by atoms with Gasteiger partial charge < -0.3 is 4.74 Å². The van der Waals surface area contributed by atoms with Crippen LogP contribution in [0, 0.1) is 0 Å². The predicted molar refractivity (Wildman–Crippen MR) is 61.6 cm³/mol. The van der Waals surface area contributed by atoms with Gasteiger partial charge in [0.1, 0.15) is 12.4 Å². The third-order valence-electron chi connectivity index (χ3n) is 2.81. The Hall–Kier alpha value is -1.33. The fourth-order valence-corrected chi connectivity index (χ4v) is 1.55. The molecule has 0 saturated carbocycles. The summed E-state index contributed by atoms with van der Waals surface area (Å²) in [7, 11) is 0. The van der Waals surface area contributed by atoms with Crippen molar-refractivity contribution >= 4 is 0 Å². The Balaban J connectivity index is 3.09. The highest BCUT2D eigenvalue weighted by atomic mass is 19.4. The summed E-state index contributed by atoms with van der Waals surface area (Å²) in [6.45, 7) is 2.69. The fourth-order valence-electron chi connectivity index (χ4n) is 1.55. The van der Waals surface area contributed by atoms with E-state index in [1.54, 1.807) is 6.92 Å². The van der Waals surface area contributed by atoms with Gasteiger partial charge in [0.05, 0.1) is 5.56 Å².